The van der Waals surface area contributed by atoms with E-state index >= 15 is 0 Å². The molecule has 0 nitrogen and oxygen atoms in total. The van der Waals surface area contributed by atoms with Gasteiger partial charge in [-0.25, -0.2) is 0 Å². The molecule has 1 rings (SSSR count). The SMILES string of the molecule is CC(C)=C1C=C(C(C)C)C=C(C(C)C)C1C. The maximum Gasteiger partial charge on any atom is 0.00250 e. The average molecular weight is 218 g/mol. The lowest BCUT2D eigenvalue weighted by molar-refractivity contribution is 0.630. The summed E-state index contributed by atoms with van der Waals surface area (Å²) >= 11 is 0. The lowest BCUT2D eigenvalue weighted by Gasteiger charge is -2.28. The second-order valence-electron chi connectivity index (χ2n) is 5.78. The fraction of sp³-hybridized carbons (Fsp3) is 0.625. The van der Waals surface area contributed by atoms with E-state index in [-0.39, 0.29) is 0 Å². The van der Waals surface area contributed by atoms with E-state index in [9.17, 15) is 0 Å². The molecule has 1 aliphatic carbocycles. The van der Waals surface area contributed by atoms with Crippen molar-refractivity contribution in [1.82, 2.24) is 0 Å². The van der Waals surface area contributed by atoms with Gasteiger partial charge in [0, 0.05) is 5.92 Å². The molecule has 1 atom stereocenters. The van der Waals surface area contributed by atoms with Crippen molar-refractivity contribution in [3.8, 4) is 0 Å². The molecule has 0 N–H and O–H groups in total. The van der Waals surface area contributed by atoms with Crippen molar-refractivity contribution in [1.29, 1.82) is 0 Å². The molecule has 0 heteroatoms. The molecule has 0 radical (unpaired) electrons. The zero-order chi connectivity index (χ0) is 12.5. The quantitative estimate of drug-likeness (QED) is 0.602. The van der Waals surface area contributed by atoms with Crippen molar-refractivity contribution in [2.24, 2.45) is 17.8 Å². The Balaban J connectivity index is 3.24. The summed E-state index contributed by atoms with van der Waals surface area (Å²) in [5.74, 6) is 1.86. The van der Waals surface area contributed by atoms with Crippen LogP contribution in [0.5, 0.6) is 0 Å². The molecule has 16 heavy (non-hydrogen) atoms. The molecule has 0 aromatic heterocycles. The fourth-order valence-electron chi connectivity index (χ4n) is 2.42. The van der Waals surface area contributed by atoms with Crippen LogP contribution in [0.3, 0.4) is 0 Å². The van der Waals surface area contributed by atoms with Crippen molar-refractivity contribution >= 4 is 0 Å². The third kappa shape index (κ3) is 2.66. The lowest BCUT2D eigenvalue weighted by Crippen LogP contribution is -2.14. The first-order valence-electron chi connectivity index (χ1n) is 6.45. The van der Waals surface area contributed by atoms with E-state index in [1.807, 2.05) is 0 Å². The Bertz CT molecular complexity index is 344. The maximum atomic E-state index is 2.42. The molecular weight excluding hydrogens is 192 g/mol. The van der Waals surface area contributed by atoms with E-state index in [0.29, 0.717) is 17.8 Å². The summed E-state index contributed by atoms with van der Waals surface area (Å²) in [5.41, 5.74) is 6.05. The Morgan fingerprint density at radius 1 is 1.00 bits per heavy atom. The van der Waals surface area contributed by atoms with Crippen molar-refractivity contribution in [3.05, 3.63) is 34.4 Å². The summed E-state index contributed by atoms with van der Waals surface area (Å²) in [5, 5.41) is 0. The van der Waals surface area contributed by atoms with E-state index in [0.717, 1.165) is 0 Å². The highest BCUT2D eigenvalue weighted by Crippen LogP contribution is 2.36. The van der Waals surface area contributed by atoms with Gasteiger partial charge in [-0.2, -0.15) is 0 Å². The van der Waals surface area contributed by atoms with E-state index < -0.39 is 0 Å². The molecule has 0 saturated carbocycles. The van der Waals surface area contributed by atoms with Gasteiger partial charge in [0.25, 0.3) is 0 Å². The van der Waals surface area contributed by atoms with Crippen LogP contribution in [0.1, 0.15) is 48.5 Å². The summed E-state index contributed by atoms with van der Waals surface area (Å²) in [6, 6.07) is 0. The van der Waals surface area contributed by atoms with Gasteiger partial charge in [-0.15, -0.1) is 0 Å². The minimum absolute atomic E-state index is 0.590. The number of hydrogen-bond acceptors (Lipinski definition) is 0. The van der Waals surface area contributed by atoms with Gasteiger partial charge in [-0.1, -0.05) is 57.9 Å². The third-order valence-electron chi connectivity index (χ3n) is 3.53. The normalized spacial score (nSPS) is 21.3. The van der Waals surface area contributed by atoms with Gasteiger partial charge in [-0.3, -0.25) is 0 Å². The Kier molecular flexibility index (Phi) is 4.18. The van der Waals surface area contributed by atoms with Gasteiger partial charge in [0.15, 0.2) is 0 Å². The van der Waals surface area contributed by atoms with Crippen LogP contribution in [0.15, 0.2) is 34.4 Å². The van der Waals surface area contributed by atoms with Crippen molar-refractivity contribution < 1.29 is 0 Å². The minimum atomic E-state index is 0.590. The van der Waals surface area contributed by atoms with Gasteiger partial charge in [0.1, 0.15) is 0 Å². The molecule has 90 valence electrons. The largest absolute Gasteiger partial charge is 0.0726 e. The Labute approximate surface area is 101 Å². The molecule has 0 aromatic rings. The lowest BCUT2D eigenvalue weighted by atomic mass is 9.77. The number of rotatable bonds is 2. The van der Waals surface area contributed by atoms with Crippen LogP contribution in [-0.4, -0.2) is 0 Å². The molecule has 0 saturated heterocycles. The molecule has 0 heterocycles. The van der Waals surface area contributed by atoms with Crippen LogP contribution in [0.25, 0.3) is 0 Å². The molecule has 0 amide bonds. The first-order chi connectivity index (χ1) is 7.34. The topological polar surface area (TPSA) is 0 Å². The highest BCUT2D eigenvalue weighted by Gasteiger charge is 2.21. The smallest absolute Gasteiger partial charge is 0.00250 e. The molecular formula is C16H26. The van der Waals surface area contributed by atoms with Gasteiger partial charge in [0.05, 0.1) is 0 Å². The van der Waals surface area contributed by atoms with Crippen LogP contribution in [0, 0.1) is 17.8 Å². The zero-order valence-electron chi connectivity index (χ0n) is 11.9. The van der Waals surface area contributed by atoms with Crippen molar-refractivity contribution in [2.75, 3.05) is 0 Å². The van der Waals surface area contributed by atoms with Gasteiger partial charge < -0.3 is 0 Å². The van der Waals surface area contributed by atoms with E-state index in [4.69, 9.17) is 0 Å². The molecule has 0 aliphatic heterocycles. The molecule has 0 spiro atoms. The first kappa shape index (κ1) is 13.3. The second-order valence-corrected chi connectivity index (χ2v) is 5.78. The van der Waals surface area contributed by atoms with Crippen LogP contribution < -0.4 is 0 Å². The summed E-state index contributed by atoms with van der Waals surface area (Å²) in [6.45, 7) is 15.9. The predicted octanol–water partition coefficient (Wildman–Crippen LogP) is 5.14. The molecule has 1 unspecified atom stereocenters. The highest BCUT2D eigenvalue weighted by molar-refractivity contribution is 5.45. The summed E-state index contributed by atoms with van der Waals surface area (Å²) < 4.78 is 0. The zero-order valence-corrected chi connectivity index (χ0v) is 11.9. The van der Waals surface area contributed by atoms with E-state index in [1.54, 1.807) is 5.57 Å². The fourth-order valence-corrected chi connectivity index (χ4v) is 2.42. The number of hydrogen-bond donors (Lipinski definition) is 0. The third-order valence-corrected chi connectivity index (χ3v) is 3.53. The van der Waals surface area contributed by atoms with Gasteiger partial charge >= 0.3 is 0 Å². The molecule has 0 bridgehead atoms. The van der Waals surface area contributed by atoms with Crippen LogP contribution in [0.4, 0.5) is 0 Å². The van der Waals surface area contributed by atoms with Crippen LogP contribution >= 0.6 is 0 Å². The van der Waals surface area contributed by atoms with Crippen LogP contribution in [0.2, 0.25) is 0 Å². The summed E-state index contributed by atoms with van der Waals surface area (Å²) in [7, 11) is 0. The highest BCUT2D eigenvalue weighted by atomic mass is 14.3. The molecule has 0 aromatic carbocycles. The standard InChI is InChI=1S/C16H26/c1-10(2)14-8-15(11(3)4)13(7)16(9-14)12(5)6/h8-11,13H,1-7H3. The average Bonchev–Trinajstić information content (AvgIpc) is 2.16. The Hall–Kier alpha value is -0.780. The Morgan fingerprint density at radius 2 is 1.56 bits per heavy atom. The van der Waals surface area contributed by atoms with Crippen molar-refractivity contribution in [3.63, 3.8) is 0 Å². The van der Waals surface area contributed by atoms with Crippen LogP contribution in [-0.2, 0) is 0 Å². The summed E-state index contributed by atoms with van der Waals surface area (Å²) in [4.78, 5) is 0. The van der Waals surface area contributed by atoms with Gasteiger partial charge in [-0.05, 0) is 36.8 Å². The maximum absolute atomic E-state index is 2.42. The Morgan fingerprint density at radius 3 is 1.94 bits per heavy atom. The van der Waals surface area contributed by atoms with E-state index in [1.165, 1.54) is 16.7 Å². The predicted molar refractivity (Wildman–Crippen MR) is 73.4 cm³/mol. The first-order valence-corrected chi connectivity index (χ1v) is 6.45. The van der Waals surface area contributed by atoms with Crippen molar-refractivity contribution in [2.45, 2.75) is 48.5 Å². The second kappa shape index (κ2) is 5.03. The molecule has 0 fully saturated rings. The van der Waals surface area contributed by atoms with E-state index in [2.05, 4.69) is 60.6 Å². The molecule has 1 aliphatic rings. The van der Waals surface area contributed by atoms with Gasteiger partial charge in [0.2, 0.25) is 0 Å². The monoisotopic (exact) mass is 218 g/mol. The minimum Gasteiger partial charge on any atom is -0.0726 e. The summed E-state index contributed by atoms with van der Waals surface area (Å²) in [6.07, 6.45) is 4.82. The number of allylic oxidation sites excluding steroid dienone is 6.